The van der Waals surface area contributed by atoms with Crippen LogP contribution in [0.4, 0.5) is 4.39 Å². The molecule has 0 spiro atoms. The van der Waals surface area contributed by atoms with Gasteiger partial charge in [-0.25, -0.2) is 4.39 Å². The maximum atomic E-state index is 13.0. The zero-order chi connectivity index (χ0) is 14.4. The highest BCUT2D eigenvalue weighted by molar-refractivity contribution is 6.30. The number of nitrogens with one attached hydrogen (secondary N) is 1. The fourth-order valence-corrected chi connectivity index (χ4v) is 2.12. The second-order valence-corrected chi connectivity index (χ2v) is 4.84. The van der Waals surface area contributed by atoms with Gasteiger partial charge in [0.15, 0.2) is 0 Å². The Kier molecular flexibility index (Phi) is 5.39. The molecule has 106 valence electrons. The van der Waals surface area contributed by atoms with E-state index in [-0.39, 0.29) is 10.8 Å². The zero-order valence-electron chi connectivity index (χ0n) is 11.3. The van der Waals surface area contributed by atoms with Crippen molar-refractivity contribution in [1.29, 1.82) is 0 Å². The molecule has 0 radical (unpaired) electrons. The van der Waals surface area contributed by atoms with Crippen LogP contribution in [0.25, 0.3) is 0 Å². The molecule has 0 heterocycles. The predicted molar refractivity (Wildman–Crippen MR) is 79.6 cm³/mol. The van der Waals surface area contributed by atoms with Crippen molar-refractivity contribution in [2.75, 3.05) is 6.61 Å². The fraction of sp³-hybridized carbons (Fsp3) is 0.250. The van der Waals surface area contributed by atoms with Crippen molar-refractivity contribution in [3.05, 3.63) is 64.4 Å². The highest BCUT2D eigenvalue weighted by Crippen LogP contribution is 2.16. The fourth-order valence-electron chi connectivity index (χ4n) is 1.91. The first-order chi connectivity index (χ1) is 9.69. The third kappa shape index (κ3) is 4.22. The Hall–Kier alpha value is -1.58. The van der Waals surface area contributed by atoms with Crippen LogP contribution >= 0.6 is 11.6 Å². The van der Waals surface area contributed by atoms with Crippen molar-refractivity contribution in [3.63, 3.8) is 0 Å². The molecule has 20 heavy (non-hydrogen) atoms. The molecule has 0 unspecified atom stereocenters. The Morgan fingerprint density at radius 2 is 1.85 bits per heavy atom. The van der Waals surface area contributed by atoms with Gasteiger partial charge in [-0.05, 0) is 42.3 Å². The van der Waals surface area contributed by atoms with Crippen molar-refractivity contribution in [2.45, 2.75) is 20.0 Å². The summed E-state index contributed by atoms with van der Waals surface area (Å²) in [5.74, 6) is 0.483. The molecule has 2 aromatic carbocycles. The van der Waals surface area contributed by atoms with Crippen LogP contribution in [-0.4, -0.2) is 6.61 Å². The minimum atomic E-state index is -0.389. The van der Waals surface area contributed by atoms with Crippen LogP contribution in [0.3, 0.4) is 0 Å². The van der Waals surface area contributed by atoms with Crippen molar-refractivity contribution < 1.29 is 9.13 Å². The molecule has 0 atom stereocenters. The summed E-state index contributed by atoms with van der Waals surface area (Å²) in [6, 6.07) is 12.7. The molecular weight excluding hydrogens is 277 g/mol. The quantitative estimate of drug-likeness (QED) is 0.863. The molecule has 0 aromatic heterocycles. The molecule has 0 aliphatic heterocycles. The maximum absolute atomic E-state index is 13.0. The van der Waals surface area contributed by atoms with E-state index in [1.807, 2.05) is 31.2 Å². The van der Waals surface area contributed by atoms with Gasteiger partial charge < -0.3 is 10.1 Å². The van der Waals surface area contributed by atoms with Crippen LogP contribution in [0.1, 0.15) is 18.1 Å². The predicted octanol–water partition coefficient (Wildman–Crippen LogP) is 4.17. The van der Waals surface area contributed by atoms with Gasteiger partial charge >= 0.3 is 0 Å². The average molecular weight is 294 g/mol. The Bertz CT molecular complexity index is 574. The number of hydrogen-bond donors (Lipinski definition) is 1. The lowest BCUT2D eigenvalue weighted by molar-refractivity contribution is 0.340. The van der Waals surface area contributed by atoms with Gasteiger partial charge in [0.25, 0.3) is 0 Å². The van der Waals surface area contributed by atoms with Crippen molar-refractivity contribution >= 4 is 11.6 Å². The summed E-state index contributed by atoms with van der Waals surface area (Å²) in [6.45, 7) is 3.98. The van der Waals surface area contributed by atoms with Gasteiger partial charge in [-0.1, -0.05) is 29.8 Å². The van der Waals surface area contributed by atoms with Crippen LogP contribution < -0.4 is 10.1 Å². The van der Waals surface area contributed by atoms with Gasteiger partial charge in [0, 0.05) is 13.1 Å². The lowest BCUT2D eigenvalue weighted by Crippen LogP contribution is -2.12. The van der Waals surface area contributed by atoms with Gasteiger partial charge in [-0.2, -0.15) is 0 Å². The number of halogens is 2. The number of hydrogen-bond acceptors (Lipinski definition) is 2. The second kappa shape index (κ2) is 7.27. The van der Waals surface area contributed by atoms with E-state index in [1.165, 1.54) is 6.07 Å². The first-order valence-corrected chi connectivity index (χ1v) is 6.93. The van der Waals surface area contributed by atoms with Crippen LogP contribution in [0, 0.1) is 5.82 Å². The topological polar surface area (TPSA) is 21.3 Å². The van der Waals surface area contributed by atoms with E-state index in [1.54, 1.807) is 12.1 Å². The zero-order valence-corrected chi connectivity index (χ0v) is 12.1. The summed E-state index contributed by atoms with van der Waals surface area (Å²) in [5, 5.41) is 3.45. The van der Waals surface area contributed by atoms with E-state index >= 15 is 0 Å². The van der Waals surface area contributed by atoms with Crippen molar-refractivity contribution in [3.8, 4) is 5.75 Å². The molecule has 0 saturated carbocycles. The molecule has 0 aliphatic carbocycles. The van der Waals surface area contributed by atoms with E-state index in [0.29, 0.717) is 13.2 Å². The third-order valence-electron chi connectivity index (χ3n) is 2.85. The summed E-state index contributed by atoms with van der Waals surface area (Å²) in [4.78, 5) is 0. The molecule has 0 aliphatic rings. The smallest absolute Gasteiger partial charge is 0.141 e. The van der Waals surface area contributed by atoms with E-state index in [0.717, 1.165) is 23.4 Å². The summed E-state index contributed by atoms with van der Waals surface area (Å²) < 4.78 is 18.5. The van der Waals surface area contributed by atoms with Crippen LogP contribution in [0.2, 0.25) is 5.02 Å². The van der Waals surface area contributed by atoms with E-state index < -0.39 is 0 Å². The largest absolute Gasteiger partial charge is 0.494 e. The average Bonchev–Trinajstić information content (AvgIpc) is 2.44. The van der Waals surface area contributed by atoms with E-state index in [4.69, 9.17) is 16.3 Å². The number of benzene rings is 2. The highest BCUT2D eigenvalue weighted by atomic mass is 35.5. The molecule has 2 rings (SSSR count). The minimum absolute atomic E-state index is 0.155. The van der Waals surface area contributed by atoms with Crippen LogP contribution in [0.5, 0.6) is 5.75 Å². The Morgan fingerprint density at radius 1 is 1.10 bits per heavy atom. The first kappa shape index (κ1) is 14.8. The van der Waals surface area contributed by atoms with Gasteiger partial charge in [0.2, 0.25) is 0 Å². The molecule has 2 aromatic rings. The molecule has 4 heteroatoms. The third-order valence-corrected chi connectivity index (χ3v) is 3.14. The lowest BCUT2D eigenvalue weighted by Gasteiger charge is -2.08. The molecule has 1 N–H and O–H groups in total. The van der Waals surface area contributed by atoms with E-state index in [2.05, 4.69) is 5.32 Å². The van der Waals surface area contributed by atoms with Crippen LogP contribution in [0.15, 0.2) is 42.5 Å². The van der Waals surface area contributed by atoms with Gasteiger partial charge in [0.1, 0.15) is 11.6 Å². The standard InChI is InChI=1S/C16H17ClFNO/c1-2-20-14-5-3-4-12(8-14)10-19-11-13-6-7-16(18)15(17)9-13/h3-9,19H,2,10-11H2,1H3. The van der Waals surface area contributed by atoms with Crippen molar-refractivity contribution in [1.82, 2.24) is 5.32 Å². The molecule has 0 amide bonds. The summed E-state index contributed by atoms with van der Waals surface area (Å²) in [6.07, 6.45) is 0. The molecule has 0 saturated heterocycles. The molecular formula is C16H17ClFNO. The second-order valence-electron chi connectivity index (χ2n) is 4.43. The summed E-state index contributed by atoms with van der Waals surface area (Å²) in [7, 11) is 0. The van der Waals surface area contributed by atoms with Gasteiger partial charge in [0.05, 0.1) is 11.6 Å². The molecule has 2 nitrogen and oxygen atoms in total. The minimum Gasteiger partial charge on any atom is -0.494 e. The van der Waals surface area contributed by atoms with E-state index in [9.17, 15) is 4.39 Å². The summed E-state index contributed by atoms with van der Waals surface area (Å²) >= 11 is 5.75. The normalized spacial score (nSPS) is 10.6. The molecule has 0 bridgehead atoms. The maximum Gasteiger partial charge on any atom is 0.141 e. The van der Waals surface area contributed by atoms with Gasteiger partial charge in [-0.3, -0.25) is 0 Å². The van der Waals surface area contributed by atoms with Crippen molar-refractivity contribution in [2.24, 2.45) is 0 Å². The molecule has 0 fully saturated rings. The Morgan fingerprint density at radius 3 is 2.55 bits per heavy atom. The number of ether oxygens (including phenoxy) is 1. The Labute approximate surface area is 123 Å². The SMILES string of the molecule is CCOc1cccc(CNCc2ccc(F)c(Cl)c2)c1. The Balaban J connectivity index is 1.89. The number of rotatable bonds is 6. The lowest BCUT2D eigenvalue weighted by atomic mass is 10.2. The first-order valence-electron chi connectivity index (χ1n) is 6.55. The summed E-state index contributed by atoms with van der Waals surface area (Å²) in [5.41, 5.74) is 2.10. The van der Waals surface area contributed by atoms with Gasteiger partial charge in [-0.15, -0.1) is 0 Å². The van der Waals surface area contributed by atoms with Crippen LogP contribution in [-0.2, 0) is 13.1 Å². The monoisotopic (exact) mass is 293 g/mol. The highest BCUT2D eigenvalue weighted by Gasteiger charge is 2.01.